The van der Waals surface area contributed by atoms with E-state index in [0.717, 1.165) is 4.70 Å². The number of hydrogen-bond acceptors (Lipinski definition) is 7. The monoisotopic (exact) mass is 510 g/mol. The zero-order chi connectivity index (χ0) is 25.3. The van der Waals surface area contributed by atoms with Crippen molar-refractivity contribution < 1.29 is 9.18 Å². The van der Waals surface area contributed by atoms with Crippen LogP contribution in [0.2, 0.25) is 0 Å². The molecule has 37 heavy (non-hydrogen) atoms. The van der Waals surface area contributed by atoms with Gasteiger partial charge in [0, 0.05) is 35.8 Å². The molecular formula is C26H19FN8OS. The molecule has 2 N–H and O–H groups in total. The van der Waals surface area contributed by atoms with Crippen molar-refractivity contribution in [1.82, 2.24) is 39.7 Å². The Labute approximate surface area is 212 Å². The number of halogens is 1. The van der Waals surface area contributed by atoms with Crippen molar-refractivity contribution in [2.45, 2.75) is 20.3 Å². The summed E-state index contributed by atoms with van der Waals surface area (Å²) < 4.78 is 18.6. The van der Waals surface area contributed by atoms with E-state index >= 15 is 4.39 Å². The second-order valence-corrected chi connectivity index (χ2v) is 10.4. The first-order valence-corrected chi connectivity index (χ1v) is 12.6. The van der Waals surface area contributed by atoms with E-state index < -0.39 is 5.82 Å². The van der Waals surface area contributed by atoms with Gasteiger partial charge < -0.3 is 0 Å². The number of carbonyl (C=O) groups excluding carboxylic acids is 1. The molecule has 11 heteroatoms. The fraction of sp³-hybridized carbons (Fsp3) is 0.154. The van der Waals surface area contributed by atoms with Crippen molar-refractivity contribution in [2.75, 3.05) is 0 Å². The Balaban J connectivity index is 1.73. The second-order valence-electron chi connectivity index (χ2n) is 9.31. The number of carbonyl (C=O) groups is 1. The van der Waals surface area contributed by atoms with E-state index in [0.29, 0.717) is 55.7 Å². The summed E-state index contributed by atoms with van der Waals surface area (Å²) in [6, 6.07) is 7.36. The highest BCUT2D eigenvalue weighted by atomic mass is 32.1. The molecule has 0 saturated carbocycles. The van der Waals surface area contributed by atoms with Crippen LogP contribution in [-0.4, -0.2) is 45.6 Å². The lowest BCUT2D eigenvalue weighted by atomic mass is 10.1. The summed E-state index contributed by atoms with van der Waals surface area (Å²) in [5.74, 6) is -0.415. The van der Waals surface area contributed by atoms with Gasteiger partial charge in [0.05, 0.1) is 27.5 Å². The van der Waals surface area contributed by atoms with E-state index in [1.165, 1.54) is 17.5 Å². The lowest BCUT2D eigenvalue weighted by Gasteiger charge is -2.09. The molecule has 7 rings (SSSR count). The van der Waals surface area contributed by atoms with Crippen molar-refractivity contribution in [3.63, 3.8) is 0 Å². The third kappa shape index (κ3) is 3.34. The number of aromatic amines is 2. The number of aromatic nitrogens is 8. The first-order valence-electron chi connectivity index (χ1n) is 11.7. The summed E-state index contributed by atoms with van der Waals surface area (Å²) in [5.41, 5.74) is 3.73. The molecule has 5 aromatic rings. The van der Waals surface area contributed by atoms with Crippen molar-refractivity contribution >= 4 is 70.9 Å². The minimum Gasteiger partial charge on any atom is -0.295 e. The Kier molecular flexibility index (Phi) is 4.70. The van der Waals surface area contributed by atoms with E-state index in [-0.39, 0.29) is 22.8 Å². The minimum absolute atomic E-state index is 0.0789. The fourth-order valence-corrected chi connectivity index (χ4v) is 5.70. The van der Waals surface area contributed by atoms with Gasteiger partial charge in [0.25, 0.3) is 0 Å². The Bertz CT molecular complexity index is 2050. The predicted molar refractivity (Wildman–Crippen MR) is 142 cm³/mol. The van der Waals surface area contributed by atoms with Gasteiger partial charge >= 0.3 is 0 Å². The normalized spacial score (nSPS) is 12.1. The molecule has 182 valence electrons. The smallest absolute Gasteiger partial charge is 0.232 e. The fourth-order valence-electron chi connectivity index (χ4n) is 4.65. The molecule has 2 aliphatic rings. The molecule has 0 fully saturated rings. The van der Waals surface area contributed by atoms with E-state index in [9.17, 15) is 4.79 Å². The van der Waals surface area contributed by atoms with E-state index in [2.05, 4.69) is 30.1 Å². The van der Waals surface area contributed by atoms with Gasteiger partial charge in [-0.05, 0) is 30.2 Å². The lowest BCUT2D eigenvalue weighted by Crippen LogP contribution is -2.13. The Morgan fingerprint density at radius 1 is 1.08 bits per heavy atom. The molecular weight excluding hydrogens is 491 g/mol. The highest BCUT2D eigenvalue weighted by Crippen LogP contribution is 2.34. The SMILES string of the molecule is CC(C)CC(=O)n1c2cncc(c2)c2cnc3[nH][nH]c(c4nc5ccnc(c6ccc1s6)c5n4)-c3c2F. The molecule has 0 atom stereocenters. The zero-order valence-electron chi connectivity index (χ0n) is 19.8. The summed E-state index contributed by atoms with van der Waals surface area (Å²) in [5, 5.41) is 6.66. The van der Waals surface area contributed by atoms with E-state index in [1.54, 1.807) is 35.3 Å². The third-order valence-electron chi connectivity index (χ3n) is 6.31. The minimum atomic E-state index is -0.489. The lowest BCUT2D eigenvalue weighted by molar-refractivity contribution is 0.0897. The molecule has 0 aliphatic carbocycles. The van der Waals surface area contributed by atoms with Crippen LogP contribution in [-0.2, 0) is 0 Å². The maximum absolute atomic E-state index is 16.1. The van der Waals surface area contributed by atoms with Crippen LogP contribution in [0.5, 0.6) is 0 Å². The van der Waals surface area contributed by atoms with Crippen LogP contribution in [0.1, 0.15) is 25.1 Å². The molecule has 0 spiro atoms. The van der Waals surface area contributed by atoms with Crippen molar-refractivity contribution in [3.05, 3.63) is 54.9 Å². The molecule has 0 amide bonds. The molecule has 9 nitrogen and oxygen atoms in total. The second kappa shape index (κ2) is 8.00. The Hall–Kier alpha value is -4.51. The van der Waals surface area contributed by atoms with Gasteiger partial charge in [0.15, 0.2) is 11.3 Å². The van der Waals surface area contributed by atoms with Gasteiger partial charge in [-0.2, -0.15) is 0 Å². The molecule has 5 aromatic heterocycles. The number of hydrogen-bond donors (Lipinski definition) is 2. The number of fused-ring (bicyclic) bond motifs is 9. The highest BCUT2D eigenvalue weighted by molar-refractivity contribution is 7.24. The average Bonchev–Trinajstić information content (AvgIpc) is 3.61. The van der Waals surface area contributed by atoms with Gasteiger partial charge in [-0.25, -0.2) is 19.3 Å². The van der Waals surface area contributed by atoms with Gasteiger partial charge in [-0.3, -0.25) is 29.5 Å². The van der Waals surface area contributed by atoms with Gasteiger partial charge in [0.2, 0.25) is 5.91 Å². The molecule has 0 unspecified atom stereocenters. The number of H-pyrrole nitrogens is 2. The maximum Gasteiger partial charge on any atom is 0.232 e. The summed E-state index contributed by atoms with van der Waals surface area (Å²) in [6.07, 6.45) is 6.66. The van der Waals surface area contributed by atoms with Crippen molar-refractivity contribution in [1.29, 1.82) is 0 Å². The Morgan fingerprint density at radius 2 is 1.97 bits per heavy atom. The number of nitrogens with one attached hydrogen (secondary N) is 2. The third-order valence-corrected chi connectivity index (χ3v) is 7.39. The molecule has 0 aromatic carbocycles. The van der Waals surface area contributed by atoms with Crippen LogP contribution in [0.15, 0.2) is 49.1 Å². The molecule has 0 saturated heterocycles. The first kappa shape index (κ1) is 21.7. The average molecular weight is 511 g/mol. The van der Waals surface area contributed by atoms with Crippen LogP contribution in [0, 0.1) is 11.7 Å². The Morgan fingerprint density at radius 3 is 2.84 bits per heavy atom. The van der Waals surface area contributed by atoms with Crippen LogP contribution < -0.4 is 0 Å². The summed E-state index contributed by atoms with van der Waals surface area (Å²) in [4.78, 5) is 37.0. The van der Waals surface area contributed by atoms with Crippen LogP contribution >= 0.6 is 11.3 Å². The molecule has 0 radical (unpaired) electrons. The molecule has 7 heterocycles. The largest absolute Gasteiger partial charge is 0.295 e. The number of thiophene rings is 1. The quantitative estimate of drug-likeness (QED) is 0.294. The van der Waals surface area contributed by atoms with Gasteiger partial charge in [0.1, 0.15) is 27.4 Å². The van der Waals surface area contributed by atoms with Crippen LogP contribution in [0.3, 0.4) is 0 Å². The molecule has 8 bridgehead atoms. The standard InChI is InChI=1S/C26H19FN8OS/c1-12(2)7-18(36)35-14-8-13(9-28-10-14)15-11-30-25-20(21(15)27)24(33-34-25)26-31-16-5-6-29-23(22(16)32-26)17-3-4-19(35)37-17/h3-6,8-12,33H,7H2,1-2H3,(H,30,34). The van der Waals surface area contributed by atoms with Crippen molar-refractivity contribution in [2.24, 2.45) is 5.92 Å². The molecule has 2 aliphatic heterocycles. The van der Waals surface area contributed by atoms with Crippen molar-refractivity contribution in [3.8, 4) is 11.3 Å². The summed E-state index contributed by atoms with van der Waals surface area (Å²) >= 11 is 1.43. The van der Waals surface area contributed by atoms with Gasteiger partial charge in [-0.1, -0.05) is 13.8 Å². The topological polar surface area (TPSA) is 118 Å². The summed E-state index contributed by atoms with van der Waals surface area (Å²) in [7, 11) is 0. The van der Waals surface area contributed by atoms with Crippen LogP contribution in [0.4, 0.5) is 4.39 Å². The number of nitrogens with zero attached hydrogens (tertiary/aromatic N) is 6. The first-order chi connectivity index (χ1) is 18.0. The summed E-state index contributed by atoms with van der Waals surface area (Å²) in [6.45, 7) is 4.00. The maximum atomic E-state index is 16.1. The predicted octanol–water partition coefficient (Wildman–Crippen LogP) is 6.00. The van der Waals surface area contributed by atoms with E-state index in [4.69, 9.17) is 4.98 Å². The number of imidazole rings is 1. The highest BCUT2D eigenvalue weighted by Gasteiger charge is 2.21. The van der Waals surface area contributed by atoms with Crippen LogP contribution in [0.25, 0.3) is 64.9 Å². The van der Waals surface area contributed by atoms with E-state index in [1.807, 2.05) is 26.0 Å². The number of rotatable bonds is 2. The van der Waals surface area contributed by atoms with Gasteiger partial charge in [-0.15, -0.1) is 11.3 Å². The zero-order valence-corrected chi connectivity index (χ0v) is 20.6. The number of pyridine rings is 3.